The zero-order valence-electron chi connectivity index (χ0n) is 44.7. The van der Waals surface area contributed by atoms with E-state index in [4.69, 9.17) is 8.83 Å². The van der Waals surface area contributed by atoms with Crippen molar-refractivity contribution in [1.29, 1.82) is 0 Å². The molecule has 6 nitrogen and oxygen atoms in total. The van der Waals surface area contributed by atoms with Gasteiger partial charge in [0.2, 0.25) is 0 Å². The number of nitrogens with zero attached hydrogens (tertiary/aromatic N) is 2. The van der Waals surface area contributed by atoms with Gasteiger partial charge in [-0.15, -0.1) is 0 Å². The molecule has 0 fully saturated rings. The van der Waals surface area contributed by atoms with E-state index in [0.29, 0.717) is 47.6 Å². The summed E-state index contributed by atoms with van der Waals surface area (Å²) in [5, 5.41) is 13.5. The van der Waals surface area contributed by atoms with Crippen LogP contribution in [0.25, 0.3) is 22.7 Å². The Kier molecular flexibility index (Phi) is 21.1. The minimum absolute atomic E-state index is 0.0395. The van der Waals surface area contributed by atoms with Crippen molar-refractivity contribution in [3.8, 4) is 11.3 Å². The first-order chi connectivity index (χ1) is 32.1. The van der Waals surface area contributed by atoms with Gasteiger partial charge in [-0.3, -0.25) is 4.79 Å². The van der Waals surface area contributed by atoms with Crippen LogP contribution in [0.2, 0.25) is 0 Å². The molecule has 0 spiro atoms. The summed E-state index contributed by atoms with van der Waals surface area (Å²) in [5.74, 6) is 3.60. The van der Waals surface area contributed by atoms with E-state index >= 15 is 4.79 Å². The lowest BCUT2D eigenvalue weighted by Gasteiger charge is -2.38. The van der Waals surface area contributed by atoms with Gasteiger partial charge in [0, 0.05) is 29.6 Å². The van der Waals surface area contributed by atoms with E-state index in [2.05, 4.69) is 117 Å². The molecule has 1 amide bonds. The lowest BCUT2D eigenvalue weighted by atomic mass is 9.86. The number of carbonyl (C=O) groups is 1. The molecule has 374 valence electrons. The number of fused-ring (bicyclic) bond motifs is 1. The third kappa shape index (κ3) is 14.8. The summed E-state index contributed by atoms with van der Waals surface area (Å²) in [6.45, 7) is 25.5. The van der Waals surface area contributed by atoms with Crippen LogP contribution in [0, 0.1) is 11.8 Å². The zero-order valence-corrected chi connectivity index (χ0v) is 44.7. The van der Waals surface area contributed by atoms with E-state index in [1.807, 2.05) is 17.9 Å². The molecule has 2 aliphatic heterocycles. The van der Waals surface area contributed by atoms with Crippen LogP contribution in [0.15, 0.2) is 68.5 Å². The topological polar surface area (TPSA) is 70.1 Å². The van der Waals surface area contributed by atoms with Gasteiger partial charge in [-0.05, 0) is 79.7 Å². The Morgan fingerprint density at radius 2 is 0.955 bits per heavy atom. The number of hydrogen-bond donors (Lipinski definition) is 1. The molecule has 67 heavy (non-hydrogen) atoms. The average Bonchev–Trinajstić information content (AvgIpc) is 4.08. The van der Waals surface area contributed by atoms with Crippen molar-refractivity contribution in [2.75, 3.05) is 13.1 Å². The zero-order chi connectivity index (χ0) is 48.6. The van der Waals surface area contributed by atoms with Crippen molar-refractivity contribution in [2.24, 2.45) is 11.8 Å². The molecule has 0 aliphatic carbocycles. The fourth-order valence-corrected chi connectivity index (χ4v) is 10.7. The van der Waals surface area contributed by atoms with E-state index in [0.717, 1.165) is 54.2 Å². The van der Waals surface area contributed by atoms with Gasteiger partial charge in [0.25, 0.3) is 5.91 Å². The van der Waals surface area contributed by atoms with Crippen molar-refractivity contribution in [2.45, 2.75) is 247 Å². The van der Waals surface area contributed by atoms with Gasteiger partial charge >= 0.3 is 0 Å². The van der Waals surface area contributed by atoms with Crippen molar-refractivity contribution in [1.82, 2.24) is 9.80 Å². The van der Waals surface area contributed by atoms with Crippen molar-refractivity contribution < 1.29 is 18.7 Å². The van der Waals surface area contributed by atoms with Crippen LogP contribution in [0.3, 0.4) is 0 Å². The molecule has 0 radical (unpaired) electrons. The van der Waals surface area contributed by atoms with Crippen molar-refractivity contribution in [3.05, 3.63) is 82.5 Å². The quantitative estimate of drug-likeness (QED) is 0.0651. The third-order valence-electron chi connectivity index (χ3n) is 14.9. The predicted molar refractivity (Wildman–Crippen MR) is 284 cm³/mol. The molecular formula is C61H96N2O4. The van der Waals surface area contributed by atoms with Gasteiger partial charge in [-0.1, -0.05) is 222 Å². The summed E-state index contributed by atoms with van der Waals surface area (Å²) in [6, 6.07) is 16.9. The monoisotopic (exact) mass is 921 g/mol. The van der Waals surface area contributed by atoms with E-state index < -0.39 is 5.72 Å². The van der Waals surface area contributed by atoms with Crippen LogP contribution in [-0.4, -0.2) is 39.6 Å². The maximum Gasteiger partial charge on any atom is 0.261 e. The molecule has 2 aliphatic rings. The fourth-order valence-electron chi connectivity index (χ4n) is 10.7. The van der Waals surface area contributed by atoms with Crippen LogP contribution in [-0.2, 0) is 15.6 Å². The smallest absolute Gasteiger partial charge is 0.261 e. The SMILES string of the molecule is CCCCCCCCC(CCCCCC)CN1C(=O)C2=C(c3ccc(-c4ccc(C(C)(C)C)cc4)o3)N(CC(CCCCCC)CCCCCCCC)C(C)(O)C2=C1c1ccc(C(C)(C)C)o1. The number of amides is 1. The maximum atomic E-state index is 15.8. The van der Waals surface area contributed by atoms with Crippen LogP contribution in [0.5, 0.6) is 0 Å². The number of hydrogen-bond acceptors (Lipinski definition) is 5. The van der Waals surface area contributed by atoms with Gasteiger partial charge < -0.3 is 23.7 Å². The number of aliphatic hydroxyl groups is 1. The number of benzene rings is 1. The second kappa shape index (κ2) is 25.9. The Bertz CT molecular complexity index is 2000. The maximum absolute atomic E-state index is 15.8. The molecule has 1 N–H and O–H groups in total. The lowest BCUT2D eigenvalue weighted by molar-refractivity contribution is -0.123. The van der Waals surface area contributed by atoms with Crippen LogP contribution in [0.4, 0.5) is 0 Å². The minimum Gasteiger partial charge on any atom is -0.459 e. The Hall–Kier alpha value is -3.51. The van der Waals surface area contributed by atoms with Gasteiger partial charge in [0.05, 0.1) is 17.0 Å². The first kappa shape index (κ1) is 54.4. The highest BCUT2D eigenvalue weighted by Crippen LogP contribution is 2.54. The van der Waals surface area contributed by atoms with Crippen LogP contribution < -0.4 is 0 Å². The van der Waals surface area contributed by atoms with Crippen molar-refractivity contribution >= 4 is 17.3 Å². The fraction of sp³-hybridized carbons (Fsp3) is 0.689. The van der Waals surface area contributed by atoms with Gasteiger partial charge in [0.1, 0.15) is 11.5 Å². The van der Waals surface area contributed by atoms with E-state index in [9.17, 15) is 5.11 Å². The molecule has 3 unspecified atom stereocenters. The van der Waals surface area contributed by atoms with Gasteiger partial charge in [-0.25, -0.2) is 0 Å². The summed E-state index contributed by atoms with van der Waals surface area (Å²) in [6.07, 6.45) is 29.1. The summed E-state index contributed by atoms with van der Waals surface area (Å²) >= 11 is 0. The molecule has 1 aromatic carbocycles. The first-order valence-corrected chi connectivity index (χ1v) is 27.7. The molecule has 4 heterocycles. The largest absolute Gasteiger partial charge is 0.459 e. The normalized spacial score (nSPS) is 17.7. The Morgan fingerprint density at radius 3 is 1.43 bits per heavy atom. The van der Waals surface area contributed by atoms with E-state index in [-0.39, 0.29) is 16.7 Å². The minimum atomic E-state index is -1.49. The predicted octanol–water partition coefficient (Wildman–Crippen LogP) is 17.8. The highest BCUT2D eigenvalue weighted by Gasteiger charge is 2.56. The molecular weight excluding hydrogens is 825 g/mol. The molecule has 0 saturated heterocycles. The molecule has 3 atom stereocenters. The summed E-state index contributed by atoms with van der Waals surface area (Å²) in [4.78, 5) is 20.0. The Balaban J connectivity index is 1.64. The molecule has 6 heteroatoms. The molecule has 0 bridgehead atoms. The molecule has 2 aromatic heterocycles. The third-order valence-corrected chi connectivity index (χ3v) is 14.9. The summed E-state index contributed by atoms with van der Waals surface area (Å²) < 4.78 is 13.8. The second-order valence-corrected chi connectivity index (χ2v) is 22.9. The molecule has 5 rings (SSSR count). The van der Waals surface area contributed by atoms with Crippen LogP contribution >= 0.6 is 0 Å². The highest BCUT2D eigenvalue weighted by molar-refractivity contribution is 6.16. The summed E-state index contributed by atoms with van der Waals surface area (Å²) in [5.41, 5.74) is 3.31. The highest BCUT2D eigenvalue weighted by atomic mass is 16.4. The second-order valence-electron chi connectivity index (χ2n) is 22.9. The lowest BCUT2D eigenvalue weighted by Crippen LogP contribution is -2.45. The molecule has 0 saturated carbocycles. The van der Waals surface area contributed by atoms with Gasteiger partial charge in [0.15, 0.2) is 17.2 Å². The number of furan rings is 2. The molecule has 3 aromatic rings. The van der Waals surface area contributed by atoms with Crippen molar-refractivity contribution in [3.63, 3.8) is 0 Å². The van der Waals surface area contributed by atoms with E-state index in [1.165, 1.54) is 134 Å². The average molecular weight is 921 g/mol. The van der Waals surface area contributed by atoms with Gasteiger partial charge in [-0.2, -0.15) is 0 Å². The van der Waals surface area contributed by atoms with Crippen LogP contribution in [0.1, 0.15) is 253 Å². The Labute approximate surface area is 409 Å². The number of unbranched alkanes of at least 4 members (excludes halogenated alkanes) is 16. The number of carbonyl (C=O) groups excluding carboxylic acids is 1. The Morgan fingerprint density at radius 1 is 0.522 bits per heavy atom. The standard InChI is InChI=1S/C61H96N2O4/c1-12-16-20-24-26-30-33-46(32-28-22-18-14-3)44-62-57(52-42-43-53(67-52)60(8,9)10)55-54(58(62)64)56(51-41-40-50(66-51)48-36-38-49(39-37-48)59(5,6)7)63(61(55,11)65)45-47(34-29-23-19-15-4)35-31-27-25-21-17-13-2/h36-43,46-47,65H,12-35,44-45H2,1-11H3. The number of rotatable bonds is 31. The summed E-state index contributed by atoms with van der Waals surface area (Å²) in [7, 11) is 0. The van der Waals surface area contributed by atoms with E-state index in [1.54, 1.807) is 0 Å². The first-order valence-electron chi connectivity index (χ1n) is 27.7.